The number of imide groups is 1. The summed E-state index contributed by atoms with van der Waals surface area (Å²) in [6.07, 6.45) is 2.35. The first kappa shape index (κ1) is 20.8. The Morgan fingerprint density at radius 1 is 1.17 bits per heavy atom. The molecular weight excluding hydrogens is 396 g/mol. The average molecular weight is 425 g/mol. The van der Waals surface area contributed by atoms with Crippen LogP contribution in [0.25, 0.3) is 0 Å². The molecule has 0 bridgehead atoms. The second-order valence-corrected chi connectivity index (χ2v) is 9.92. The van der Waals surface area contributed by atoms with E-state index < -0.39 is 11.6 Å². The number of hydrogen-bond donors (Lipinski definition) is 1. The van der Waals surface area contributed by atoms with Crippen LogP contribution in [0.2, 0.25) is 0 Å². The van der Waals surface area contributed by atoms with Gasteiger partial charge in [0, 0.05) is 16.0 Å². The van der Waals surface area contributed by atoms with Crippen molar-refractivity contribution in [2.75, 3.05) is 6.54 Å². The lowest BCUT2D eigenvalue weighted by atomic mass is 9.80. The molecule has 5 nitrogen and oxygen atoms in total. The van der Waals surface area contributed by atoms with Crippen LogP contribution in [0.1, 0.15) is 84.3 Å². The highest BCUT2D eigenvalue weighted by atomic mass is 32.1. The number of ketones is 1. The number of hydrogen-bond acceptors (Lipinski definition) is 4. The number of urea groups is 1. The molecule has 0 radical (unpaired) electrons. The zero-order valence-electron chi connectivity index (χ0n) is 18.0. The molecule has 2 heterocycles. The minimum absolute atomic E-state index is 0.170. The number of nitrogens with zero attached hydrogens (tertiary/aromatic N) is 1. The summed E-state index contributed by atoms with van der Waals surface area (Å²) < 4.78 is 0. The summed E-state index contributed by atoms with van der Waals surface area (Å²) in [5.74, 6) is 0.0355. The van der Waals surface area contributed by atoms with Crippen LogP contribution in [0.5, 0.6) is 0 Å². The summed E-state index contributed by atoms with van der Waals surface area (Å²) in [5, 5.41) is 4.89. The molecule has 1 spiro atoms. The normalized spacial score (nSPS) is 20.9. The first-order valence-corrected chi connectivity index (χ1v) is 11.5. The number of nitrogens with one attached hydrogen (secondary N) is 1. The van der Waals surface area contributed by atoms with E-state index in [2.05, 4.69) is 39.1 Å². The largest absolute Gasteiger partial charge is 0.325 e. The number of Topliss-reactive ketones (excluding diaryl/α,β-unsaturated/α-hetero) is 1. The average Bonchev–Trinajstić information content (AvgIpc) is 3.28. The van der Waals surface area contributed by atoms with Crippen LogP contribution < -0.4 is 5.32 Å². The Morgan fingerprint density at radius 2 is 1.93 bits per heavy atom. The van der Waals surface area contributed by atoms with Crippen LogP contribution >= 0.6 is 11.3 Å². The molecule has 2 aromatic rings. The van der Waals surface area contributed by atoms with Gasteiger partial charge in [-0.3, -0.25) is 14.5 Å². The molecule has 1 aromatic carbocycles. The molecule has 6 heteroatoms. The highest BCUT2D eigenvalue weighted by Gasteiger charge is 2.54. The molecule has 0 saturated carbocycles. The summed E-state index contributed by atoms with van der Waals surface area (Å²) in [5.41, 5.74) is 2.63. The maximum absolute atomic E-state index is 13.4. The molecule has 4 rings (SSSR count). The maximum Gasteiger partial charge on any atom is 0.325 e. The highest BCUT2D eigenvalue weighted by Crippen LogP contribution is 2.42. The van der Waals surface area contributed by atoms with E-state index in [1.807, 2.05) is 23.6 Å². The Labute approximate surface area is 181 Å². The van der Waals surface area contributed by atoms with Crippen molar-refractivity contribution < 1.29 is 14.4 Å². The molecule has 1 fully saturated rings. The first-order chi connectivity index (χ1) is 14.2. The van der Waals surface area contributed by atoms with Crippen molar-refractivity contribution in [3.05, 3.63) is 56.8 Å². The Kier molecular flexibility index (Phi) is 5.30. The minimum Gasteiger partial charge on any atom is -0.319 e. The predicted octanol–water partition coefficient (Wildman–Crippen LogP) is 4.96. The molecule has 1 aliphatic carbocycles. The number of amides is 3. The van der Waals surface area contributed by atoms with Crippen molar-refractivity contribution in [1.29, 1.82) is 0 Å². The Balaban J connectivity index is 1.62. The van der Waals surface area contributed by atoms with E-state index in [0.29, 0.717) is 17.9 Å². The van der Waals surface area contributed by atoms with E-state index in [1.165, 1.54) is 5.56 Å². The molecule has 0 unspecified atom stereocenters. The van der Waals surface area contributed by atoms with Gasteiger partial charge in [-0.25, -0.2) is 4.79 Å². The van der Waals surface area contributed by atoms with Gasteiger partial charge in [-0.2, -0.15) is 0 Å². The second kappa shape index (κ2) is 7.65. The van der Waals surface area contributed by atoms with Gasteiger partial charge in [0.05, 0.1) is 6.54 Å². The maximum atomic E-state index is 13.4. The Hall–Kier alpha value is -2.47. The van der Waals surface area contributed by atoms with Gasteiger partial charge in [0.15, 0.2) is 5.78 Å². The van der Waals surface area contributed by atoms with Gasteiger partial charge in [-0.1, -0.05) is 45.9 Å². The Bertz CT molecular complexity index is 1020. The summed E-state index contributed by atoms with van der Waals surface area (Å²) in [6.45, 7) is 8.12. The number of fused-ring (bicyclic) bond motifs is 2. The number of carbonyl (C=O) groups excluding carboxylic acids is 3. The topological polar surface area (TPSA) is 66.5 Å². The third-order valence-corrected chi connectivity index (χ3v) is 7.28. The predicted molar refractivity (Wildman–Crippen MR) is 118 cm³/mol. The van der Waals surface area contributed by atoms with Gasteiger partial charge < -0.3 is 5.32 Å². The third-order valence-electron chi connectivity index (χ3n) is 6.30. The van der Waals surface area contributed by atoms with Crippen LogP contribution in [0.4, 0.5) is 4.79 Å². The SMILES string of the molecule is CC(C)c1ccc(C(=O)CN2C(=O)N[C@@]3(CCCc4sccc43)C2=O)c(C(C)C)c1. The van der Waals surface area contributed by atoms with Crippen molar-refractivity contribution in [2.24, 2.45) is 0 Å². The number of thiophene rings is 1. The quantitative estimate of drug-likeness (QED) is 0.545. The second-order valence-electron chi connectivity index (χ2n) is 8.92. The summed E-state index contributed by atoms with van der Waals surface area (Å²) in [6, 6.07) is 7.35. The van der Waals surface area contributed by atoms with Crippen molar-refractivity contribution in [2.45, 2.75) is 64.3 Å². The molecule has 1 aromatic heterocycles. The van der Waals surface area contributed by atoms with E-state index in [1.54, 1.807) is 11.3 Å². The summed E-state index contributed by atoms with van der Waals surface area (Å²) >= 11 is 1.62. The Morgan fingerprint density at radius 3 is 2.63 bits per heavy atom. The lowest BCUT2D eigenvalue weighted by Crippen LogP contribution is -2.46. The summed E-state index contributed by atoms with van der Waals surface area (Å²) in [4.78, 5) is 41.6. The molecule has 1 saturated heterocycles. The van der Waals surface area contributed by atoms with Gasteiger partial charge >= 0.3 is 6.03 Å². The van der Waals surface area contributed by atoms with Crippen LogP contribution in [0.3, 0.4) is 0 Å². The van der Waals surface area contributed by atoms with E-state index >= 15 is 0 Å². The summed E-state index contributed by atoms with van der Waals surface area (Å²) in [7, 11) is 0. The standard InChI is InChI=1S/C24H28N2O3S/c1-14(2)16-7-8-17(18(12-16)15(3)4)20(27)13-26-22(28)24(25-23(26)29)10-5-6-21-19(24)9-11-30-21/h7-9,11-12,14-15H,5-6,10,13H2,1-4H3,(H,25,29)/t24-/m1/s1. The number of benzene rings is 1. The van der Waals surface area contributed by atoms with Crippen LogP contribution in [-0.2, 0) is 16.8 Å². The zero-order valence-corrected chi connectivity index (χ0v) is 18.8. The van der Waals surface area contributed by atoms with Crippen molar-refractivity contribution in [3.63, 3.8) is 0 Å². The molecule has 30 heavy (non-hydrogen) atoms. The smallest absolute Gasteiger partial charge is 0.319 e. The molecular formula is C24H28N2O3S. The van der Waals surface area contributed by atoms with E-state index in [9.17, 15) is 14.4 Å². The van der Waals surface area contributed by atoms with E-state index in [0.717, 1.165) is 33.7 Å². The highest BCUT2D eigenvalue weighted by molar-refractivity contribution is 7.10. The number of carbonyl (C=O) groups is 3. The molecule has 3 amide bonds. The fourth-order valence-corrected chi connectivity index (χ4v) is 5.59. The van der Waals surface area contributed by atoms with Crippen molar-refractivity contribution in [3.8, 4) is 0 Å². The van der Waals surface area contributed by atoms with Crippen LogP contribution in [0, 0.1) is 0 Å². The van der Waals surface area contributed by atoms with Gasteiger partial charge in [-0.05, 0) is 53.7 Å². The third kappa shape index (κ3) is 3.27. The molecule has 1 N–H and O–H groups in total. The van der Waals surface area contributed by atoms with Crippen molar-refractivity contribution >= 4 is 29.1 Å². The molecule has 2 aliphatic rings. The van der Waals surface area contributed by atoms with Crippen molar-refractivity contribution in [1.82, 2.24) is 10.2 Å². The first-order valence-electron chi connectivity index (χ1n) is 10.6. The van der Waals surface area contributed by atoms with E-state index in [4.69, 9.17) is 0 Å². The van der Waals surface area contributed by atoms with Gasteiger partial charge in [0.1, 0.15) is 5.54 Å². The monoisotopic (exact) mass is 424 g/mol. The number of rotatable bonds is 5. The van der Waals surface area contributed by atoms with Crippen LogP contribution in [0.15, 0.2) is 29.6 Å². The lowest BCUT2D eigenvalue weighted by Gasteiger charge is -2.31. The fraction of sp³-hybridized carbons (Fsp3) is 0.458. The lowest BCUT2D eigenvalue weighted by molar-refractivity contribution is -0.131. The van der Waals surface area contributed by atoms with E-state index in [-0.39, 0.29) is 24.2 Å². The van der Waals surface area contributed by atoms with Gasteiger partial charge in [-0.15, -0.1) is 11.3 Å². The van der Waals surface area contributed by atoms with Gasteiger partial charge in [0.25, 0.3) is 5.91 Å². The zero-order chi connectivity index (χ0) is 21.6. The van der Waals surface area contributed by atoms with Gasteiger partial charge in [0.2, 0.25) is 0 Å². The van der Waals surface area contributed by atoms with Crippen LogP contribution in [-0.4, -0.2) is 29.2 Å². The fourth-order valence-electron chi connectivity index (χ4n) is 4.59. The molecule has 1 aliphatic heterocycles. The molecule has 1 atom stereocenters. The minimum atomic E-state index is -1.01. The molecule has 158 valence electrons. The number of aryl methyl sites for hydroxylation is 1.